The van der Waals surface area contributed by atoms with Crippen LogP contribution in [0.3, 0.4) is 0 Å². The van der Waals surface area contributed by atoms with E-state index >= 15 is 0 Å². The largest absolute Gasteiger partial charge is 0.386 e. The van der Waals surface area contributed by atoms with Crippen LogP contribution in [0.2, 0.25) is 0 Å². The third kappa shape index (κ3) is 1.84. The summed E-state index contributed by atoms with van der Waals surface area (Å²) in [5.74, 6) is 1.63. The first-order valence-electron chi connectivity index (χ1n) is 7.72. The molecule has 124 valence electrons. The van der Waals surface area contributed by atoms with E-state index in [9.17, 15) is 10.5 Å². The van der Waals surface area contributed by atoms with E-state index in [-0.39, 0.29) is 5.92 Å². The van der Waals surface area contributed by atoms with Crippen LogP contribution in [0.15, 0.2) is 33.7 Å². The van der Waals surface area contributed by atoms with Crippen molar-refractivity contribution < 1.29 is 0 Å². The van der Waals surface area contributed by atoms with Gasteiger partial charge in [0.05, 0.1) is 12.1 Å². The molecule has 1 aliphatic carbocycles. The molecule has 2 N–H and O–H groups in total. The minimum Gasteiger partial charge on any atom is -0.386 e. The molecular formula is C17H17BrN4S2. The Morgan fingerprint density at radius 1 is 1.21 bits per heavy atom. The van der Waals surface area contributed by atoms with E-state index in [1.54, 1.807) is 23.5 Å². The van der Waals surface area contributed by atoms with Crippen LogP contribution in [0.1, 0.15) is 25.3 Å². The van der Waals surface area contributed by atoms with E-state index < -0.39 is 15.0 Å². The van der Waals surface area contributed by atoms with E-state index in [4.69, 9.17) is 5.73 Å². The molecule has 0 amide bonds. The molecule has 24 heavy (non-hydrogen) atoms. The summed E-state index contributed by atoms with van der Waals surface area (Å²) in [5.41, 5.74) is 5.24. The van der Waals surface area contributed by atoms with Crippen LogP contribution in [0.5, 0.6) is 0 Å². The van der Waals surface area contributed by atoms with Crippen LogP contribution in [0.4, 0.5) is 0 Å². The fourth-order valence-corrected chi connectivity index (χ4v) is 7.69. The molecular weight excluding hydrogens is 404 g/mol. The van der Waals surface area contributed by atoms with Crippen molar-refractivity contribution in [3.8, 4) is 12.1 Å². The van der Waals surface area contributed by atoms with Crippen molar-refractivity contribution >= 4 is 45.3 Å². The van der Waals surface area contributed by atoms with Crippen LogP contribution in [0.25, 0.3) is 0 Å². The lowest BCUT2D eigenvalue weighted by Gasteiger charge is -2.31. The Balaban J connectivity index is 2.25. The van der Waals surface area contributed by atoms with Gasteiger partial charge in [0.25, 0.3) is 0 Å². The molecule has 0 spiro atoms. The average molecular weight is 421 g/mol. The second-order valence-corrected chi connectivity index (χ2v) is 9.77. The highest BCUT2D eigenvalue weighted by atomic mass is 79.9. The van der Waals surface area contributed by atoms with Gasteiger partial charge >= 0.3 is 0 Å². The van der Waals surface area contributed by atoms with Gasteiger partial charge in [-0.1, -0.05) is 48.0 Å². The quantitative estimate of drug-likeness (QED) is 0.724. The number of nitrogens with two attached hydrogens (primary N) is 1. The second-order valence-electron chi connectivity index (χ2n) is 5.74. The van der Waals surface area contributed by atoms with Crippen molar-refractivity contribution in [2.24, 2.45) is 21.6 Å². The zero-order valence-electron chi connectivity index (χ0n) is 13.4. The summed E-state index contributed by atoms with van der Waals surface area (Å²) in [6.45, 7) is 4.09. The minimum absolute atomic E-state index is 0.272. The third-order valence-corrected chi connectivity index (χ3v) is 8.44. The molecule has 1 fully saturated rings. The van der Waals surface area contributed by atoms with Gasteiger partial charge in [-0.25, -0.2) is 4.99 Å². The molecule has 1 aromatic rings. The summed E-state index contributed by atoms with van der Waals surface area (Å²) in [6.07, 6.45) is 0. The molecule has 0 radical (unpaired) electrons. The number of fused-ring (bicyclic) bond motifs is 1. The molecule has 3 atom stereocenters. The standard InChI is InChI=1S/C17H17BrN4S2/c1-3-23-17(24-4-2)16(10-20)13(11-7-5-6-8-12(11)18)15(16,9-19)14(21)22-17/h5-8,13H,3-4H2,1-2H3,(H2,21,22)/t13-,15+,16-/m1/s1. The van der Waals surface area contributed by atoms with E-state index in [2.05, 4.69) is 33.1 Å². The number of nitrogens with zero attached hydrogens (tertiary/aromatic N) is 3. The van der Waals surface area contributed by atoms with Gasteiger partial charge in [-0.15, -0.1) is 23.5 Å². The Hall–Kier alpha value is -1.15. The normalized spacial score (nSPS) is 32.4. The summed E-state index contributed by atoms with van der Waals surface area (Å²) >= 11 is 6.80. The van der Waals surface area contributed by atoms with Crippen LogP contribution in [0, 0.1) is 33.5 Å². The van der Waals surface area contributed by atoms with Gasteiger partial charge in [0.2, 0.25) is 0 Å². The lowest BCUT2D eigenvalue weighted by atomic mass is 9.97. The van der Waals surface area contributed by atoms with E-state index in [0.29, 0.717) is 5.84 Å². The zero-order valence-corrected chi connectivity index (χ0v) is 16.6. The predicted molar refractivity (Wildman–Crippen MR) is 104 cm³/mol. The van der Waals surface area contributed by atoms with E-state index in [1.807, 2.05) is 38.1 Å². The Bertz CT molecular complexity index is 791. The lowest BCUT2D eigenvalue weighted by Crippen LogP contribution is -2.31. The molecule has 3 rings (SSSR count). The number of amidine groups is 1. The van der Waals surface area contributed by atoms with Crippen LogP contribution in [-0.2, 0) is 0 Å². The topological polar surface area (TPSA) is 86.0 Å². The van der Waals surface area contributed by atoms with Crippen LogP contribution in [-0.4, -0.2) is 21.5 Å². The molecule has 1 saturated carbocycles. The first-order valence-corrected chi connectivity index (χ1v) is 10.5. The summed E-state index contributed by atoms with van der Waals surface area (Å²) in [5, 5.41) is 20.2. The van der Waals surface area contributed by atoms with Gasteiger partial charge in [0.1, 0.15) is 16.7 Å². The van der Waals surface area contributed by atoms with Crippen LogP contribution < -0.4 is 5.73 Å². The highest BCUT2D eigenvalue weighted by Crippen LogP contribution is 2.85. The monoisotopic (exact) mass is 420 g/mol. The molecule has 0 bridgehead atoms. The number of halogens is 1. The van der Waals surface area contributed by atoms with E-state index in [1.165, 1.54) is 0 Å². The van der Waals surface area contributed by atoms with Gasteiger partial charge in [-0.2, -0.15) is 10.5 Å². The molecule has 1 heterocycles. The smallest absolute Gasteiger partial charge is 0.175 e. The highest BCUT2D eigenvalue weighted by molar-refractivity contribution is 9.10. The van der Waals surface area contributed by atoms with Crippen molar-refractivity contribution in [2.75, 3.05) is 11.5 Å². The molecule has 0 unspecified atom stereocenters. The maximum Gasteiger partial charge on any atom is 0.175 e. The maximum atomic E-state index is 10.2. The summed E-state index contributed by atoms with van der Waals surface area (Å²) in [6, 6.07) is 12.6. The molecule has 0 saturated heterocycles. The Morgan fingerprint density at radius 2 is 1.83 bits per heavy atom. The highest BCUT2D eigenvalue weighted by Gasteiger charge is 2.92. The molecule has 0 aromatic heterocycles. The fraction of sp³-hybridized carbons (Fsp3) is 0.471. The fourth-order valence-electron chi connectivity index (χ4n) is 3.93. The molecule has 4 nitrogen and oxygen atoms in total. The average Bonchev–Trinajstić information content (AvgIpc) is 3.14. The molecule has 1 aliphatic heterocycles. The predicted octanol–water partition coefficient (Wildman–Crippen LogP) is 4.10. The summed E-state index contributed by atoms with van der Waals surface area (Å²) in [7, 11) is 0. The van der Waals surface area contributed by atoms with Crippen LogP contribution >= 0.6 is 39.5 Å². The number of hydrogen-bond donors (Lipinski definition) is 1. The number of hydrogen-bond acceptors (Lipinski definition) is 6. The Kier molecular flexibility index (Phi) is 4.40. The van der Waals surface area contributed by atoms with Crippen molar-refractivity contribution in [3.63, 3.8) is 0 Å². The van der Waals surface area contributed by atoms with Crippen molar-refractivity contribution in [1.29, 1.82) is 10.5 Å². The number of aliphatic imine (C=N–C) groups is 1. The first kappa shape index (κ1) is 17.7. The van der Waals surface area contributed by atoms with Gasteiger partial charge in [-0.05, 0) is 23.1 Å². The number of nitriles is 2. The Morgan fingerprint density at radius 3 is 2.33 bits per heavy atom. The van der Waals surface area contributed by atoms with Gasteiger partial charge in [0.15, 0.2) is 4.20 Å². The SMILES string of the molecule is CCSC1(SCC)N=C(N)[C@]2(C#N)[C@@H](c3ccccc3Br)[C@@]12C#N. The summed E-state index contributed by atoms with van der Waals surface area (Å²) < 4.78 is 0.170. The zero-order chi connectivity index (χ0) is 17.6. The second kappa shape index (κ2) is 5.98. The number of benzene rings is 1. The summed E-state index contributed by atoms with van der Waals surface area (Å²) in [4.78, 5) is 4.68. The van der Waals surface area contributed by atoms with Crippen molar-refractivity contribution in [2.45, 2.75) is 24.0 Å². The first-order chi connectivity index (χ1) is 11.5. The third-order valence-electron chi connectivity index (χ3n) is 4.82. The maximum absolute atomic E-state index is 10.2. The lowest BCUT2D eigenvalue weighted by molar-refractivity contribution is 0.564. The van der Waals surface area contributed by atoms with Gasteiger partial charge in [0, 0.05) is 10.4 Å². The molecule has 1 aromatic carbocycles. The number of rotatable bonds is 5. The van der Waals surface area contributed by atoms with Gasteiger partial charge < -0.3 is 5.73 Å². The van der Waals surface area contributed by atoms with E-state index in [0.717, 1.165) is 21.5 Å². The van der Waals surface area contributed by atoms with Gasteiger partial charge in [-0.3, -0.25) is 0 Å². The number of thioether (sulfide) groups is 2. The van der Waals surface area contributed by atoms with Crippen molar-refractivity contribution in [3.05, 3.63) is 34.3 Å². The minimum atomic E-state index is -1.05. The molecule has 2 aliphatic rings. The van der Waals surface area contributed by atoms with Crippen molar-refractivity contribution in [1.82, 2.24) is 0 Å². The molecule has 7 heteroatoms. The Labute approximate surface area is 159 Å².